The lowest BCUT2D eigenvalue weighted by Crippen LogP contribution is -2.43. The van der Waals surface area contributed by atoms with Crippen molar-refractivity contribution in [2.45, 2.75) is 72.3 Å². The number of pyridine rings is 1. The smallest absolute Gasteiger partial charge is 0.222 e. The Morgan fingerprint density at radius 2 is 1.72 bits per heavy atom. The number of anilines is 2. The van der Waals surface area contributed by atoms with Gasteiger partial charge in [0.15, 0.2) is 0 Å². The molecule has 0 radical (unpaired) electrons. The molecule has 2 heterocycles. The van der Waals surface area contributed by atoms with Crippen LogP contribution in [0.1, 0.15) is 53.0 Å². The van der Waals surface area contributed by atoms with Gasteiger partial charge in [0.05, 0.1) is 24.1 Å². The van der Waals surface area contributed by atoms with E-state index >= 15 is 0 Å². The van der Waals surface area contributed by atoms with Crippen LogP contribution in [0.5, 0.6) is 11.5 Å². The Bertz CT molecular complexity index is 849. The quantitative estimate of drug-likeness (QED) is 0.603. The monoisotopic (exact) mass is 440 g/mol. The summed E-state index contributed by atoms with van der Waals surface area (Å²) in [5.41, 5.74) is 2.16. The van der Waals surface area contributed by atoms with Gasteiger partial charge in [0.25, 0.3) is 0 Å². The van der Waals surface area contributed by atoms with Gasteiger partial charge in [-0.2, -0.15) is 0 Å². The zero-order valence-corrected chi connectivity index (χ0v) is 19.9. The molecule has 174 valence electrons. The summed E-state index contributed by atoms with van der Waals surface area (Å²) in [5.74, 6) is 2.07. The molecule has 2 N–H and O–H groups in total. The fourth-order valence-electron chi connectivity index (χ4n) is 3.96. The van der Waals surface area contributed by atoms with Crippen LogP contribution in [0.2, 0.25) is 0 Å². The first-order valence-electron chi connectivity index (χ1n) is 11.5. The van der Waals surface area contributed by atoms with Crippen molar-refractivity contribution >= 4 is 17.4 Å². The molecular weight excluding hydrogens is 404 g/mol. The molecular formula is C25H36N4O3. The van der Waals surface area contributed by atoms with E-state index < -0.39 is 0 Å². The first-order valence-corrected chi connectivity index (χ1v) is 11.5. The highest BCUT2D eigenvalue weighted by molar-refractivity contribution is 5.87. The Morgan fingerprint density at radius 3 is 2.22 bits per heavy atom. The van der Waals surface area contributed by atoms with Crippen molar-refractivity contribution in [3.8, 4) is 11.5 Å². The van der Waals surface area contributed by atoms with Crippen molar-refractivity contribution in [2.24, 2.45) is 0 Å². The molecule has 3 rings (SSSR count). The molecule has 32 heavy (non-hydrogen) atoms. The molecule has 0 atom stereocenters. The van der Waals surface area contributed by atoms with E-state index in [0.717, 1.165) is 55.2 Å². The predicted molar refractivity (Wildman–Crippen MR) is 129 cm³/mol. The normalized spacial score (nSPS) is 14.5. The lowest BCUT2D eigenvalue weighted by Gasteiger charge is -2.36. The van der Waals surface area contributed by atoms with Crippen LogP contribution in [-0.4, -0.2) is 42.2 Å². The van der Waals surface area contributed by atoms with Gasteiger partial charge in [-0.1, -0.05) is 0 Å². The number of carbonyl (C=O) groups excluding carboxylic acids is 1. The Kier molecular flexibility index (Phi) is 8.33. The average molecular weight is 441 g/mol. The van der Waals surface area contributed by atoms with E-state index in [1.165, 1.54) is 6.92 Å². The minimum absolute atomic E-state index is 0.0863. The maximum Gasteiger partial charge on any atom is 0.222 e. The molecule has 1 aromatic heterocycles. The molecule has 1 aliphatic rings. The minimum atomic E-state index is -0.125. The Morgan fingerprint density at radius 1 is 1.09 bits per heavy atom. The summed E-state index contributed by atoms with van der Waals surface area (Å²) >= 11 is 0. The minimum Gasteiger partial charge on any atom is -0.491 e. The van der Waals surface area contributed by atoms with Gasteiger partial charge >= 0.3 is 0 Å². The number of hydrogen-bond acceptors (Lipinski definition) is 6. The highest BCUT2D eigenvalue weighted by atomic mass is 16.5. The molecule has 7 heteroatoms. The summed E-state index contributed by atoms with van der Waals surface area (Å²) in [5, 5.41) is 6.19. The number of amides is 1. The second kappa shape index (κ2) is 11.2. The average Bonchev–Trinajstić information content (AvgIpc) is 2.72. The van der Waals surface area contributed by atoms with Crippen molar-refractivity contribution in [1.82, 2.24) is 10.3 Å². The van der Waals surface area contributed by atoms with E-state index in [4.69, 9.17) is 9.47 Å². The fraction of sp³-hybridized carbons (Fsp3) is 0.520. The van der Waals surface area contributed by atoms with Crippen molar-refractivity contribution in [3.63, 3.8) is 0 Å². The third kappa shape index (κ3) is 7.12. The summed E-state index contributed by atoms with van der Waals surface area (Å²) in [6.45, 7) is 12.3. The highest BCUT2D eigenvalue weighted by Gasteiger charge is 2.23. The van der Waals surface area contributed by atoms with Gasteiger partial charge < -0.3 is 25.0 Å². The van der Waals surface area contributed by atoms with Gasteiger partial charge in [0, 0.05) is 25.6 Å². The van der Waals surface area contributed by atoms with Gasteiger partial charge in [-0.05, 0) is 83.5 Å². The predicted octanol–water partition coefficient (Wildman–Crippen LogP) is 4.37. The number of aromatic nitrogens is 1. The number of ether oxygens (including phenoxy) is 2. The van der Waals surface area contributed by atoms with Crippen LogP contribution in [0.15, 0.2) is 36.5 Å². The maximum atomic E-state index is 11.3. The second-order valence-electron chi connectivity index (χ2n) is 8.84. The number of hydrogen-bond donors (Lipinski definition) is 2. The Balaban J connectivity index is 1.90. The van der Waals surface area contributed by atoms with E-state index in [9.17, 15) is 4.79 Å². The summed E-state index contributed by atoms with van der Waals surface area (Å²) in [6, 6.07) is 10.4. The SMILES string of the molecule is CC(=O)Nc1ccc(N(Cc2cc(OC(C)C)cc(OC(C)C)c2)C2CCNCC2)cn1. The number of nitrogens with zero attached hydrogens (tertiary/aromatic N) is 2. The van der Waals surface area contributed by atoms with E-state index in [2.05, 4.69) is 32.7 Å². The molecule has 1 aromatic carbocycles. The second-order valence-corrected chi connectivity index (χ2v) is 8.84. The topological polar surface area (TPSA) is 75.7 Å². The first-order chi connectivity index (χ1) is 15.3. The van der Waals surface area contributed by atoms with E-state index in [1.807, 2.05) is 52.1 Å². The van der Waals surface area contributed by atoms with E-state index in [1.54, 1.807) is 0 Å². The fourth-order valence-corrected chi connectivity index (χ4v) is 3.96. The third-order valence-corrected chi connectivity index (χ3v) is 5.17. The molecule has 1 aliphatic heterocycles. The van der Waals surface area contributed by atoms with Crippen LogP contribution in [-0.2, 0) is 11.3 Å². The third-order valence-electron chi connectivity index (χ3n) is 5.17. The van der Waals surface area contributed by atoms with Gasteiger partial charge in [0.1, 0.15) is 17.3 Å². The van der Waals surface area contributed by atoms with Crippen molar-refractivity contribution in [1.29, 1.82) is 0 Å². The lowest BCUT2D eigenvalue weighted by atomic mass is 10.0. The lowest BCUT2D eigenvalue weighted by molar-refractivity contribution is -0.114. The summed E-state index contributed by atoms with van der Waals surface area (Å²) in [7, 11) is 0. The van der Waals surface area contributed by atoms with Gasteiger partial charge in [-0.3, -0.25) is 4.79 Å². The van der Waals surface area contributed by atoms with Crippen molar-refractivity contribution < 1.29 is 14.3 Å². The summed E-state index contributed by atoms with van der Waals surface area (Å²) < 4.78 is 12.0. The van der Waals surface area contributed by atoms with E-state index in [0.29, 0.717) is 11.9 Å². The van der Waals surface area contributed by atoms with Crippen LogP contribution in [0.25, 0.3) is 0 Å². The molecule has 0 aliphatic carbocycles. The van der Waals surface area contributed by atoms with Crippen LogP contribution >= 0.6 is 0 Å². The number of carbonyl (C=O) groups is 1. The molecule has 0 saturated carbocycles. The van der Waals surface area contributed by atoms with Crippen LogP contribution in [0, 0.1) is 0 Å². The summed E-state index contributed by atoms with van der Waals surface area (Å²) in [6.07, 6.45) is 4.13. The zero-order valence-electron chi connectivity index (χ0n) is 19.9. The van der Waals surface area contributed by atoms with Gasteiger partial charge in [-0.15, -0.1) is 0 Å². The standard InChI is InChI=1S/C25H36N4O3/c1-17(2)31-23-12-20(13-24(14-23)32-18(3)4)16-29(21-8-10-26-11-9-21)22-6-7-25(27-15-22)28-19(5)30/h6-7,12-15,17-18,21,26H,8-11,16H2,1-5H3,(H,27,28,30). The molecule has 1 fully saturated rings. The van der Waals surface area contributed by atoms with E-state index in [-0.39, 0.29) is 18.1 Å². The molecule has 1 saturated heterocycles. The molecule has 2 aromatic rings. The zero-order chi connectivity index (χ0) is 23.1. The Labute approximate surface area is 191 Å². The number of rotatable bonds is 9. The highest BCUT2D eigenvalue weighted by Crippen LogP contribution is 2.29. The number of nitrogens with one attached hydrogen (secondary N) is 2. The van der Waals surface area contributed by atoms with Crippen LogP contribution in [0.4, 0.5) is 11.5 Å². The number of benzene rings is 1. The number of piperidine rings is 1. The molecule has 0 bridgehead atoms. The van der Waals surface area contributed by atoms with Gasteiger partial charge in [0.2, 0.25) is 5.91 Å². The molecule has 0 spiro atoms. The molecule has 0 unspecified atom stereocenters. The first kappa shape index (κ1) is 23.9. The molecule has 7 nitrogen and oxygen atoms in total. The van der Waals surface area contributed by atoms with Crippen molar-refractivity contribution in [3.05, 3.63) is 42.1 Å². The van der Waals surface area contributed by atoms with Crippen LogP contribution < -0.4 is 25.0 Å². The Hall–Kier alpha value is -2.80. The van der Waals surface area contributed by atoms with Crippen molar-refractivity contribution in [2.75, 3.05) is 23.3 Å². The largest absolute Gasteiger partial charge is 0.491 e. The maximum absolute atomic E-state index is 11.3. The van der Waals surface area contributed by atoms with Gasteiger partial charge in [-0.25, -0.2) is 4.98 Å². The van der Waals surface area contributed by atoms with Crippen LogP contribution in [0.3, 0.4) is 0 Å². The summed E-state index contributed by atoms with van der Waals surface area (Å²) in [4.78, 5) is 18.2. The molecule has 1 amide bonds.